The van der Waals surface area contributed by atoms with Crippen molar-refractivity contribution in [1.29, 1.82) is 0 Å². The maximum atomic E-state index is 5.33. The molecule has 3 heterocycles. The largest absolute Gasteiger partial charge is 0.479 e. The number of fused-ring (bicyclic) bond motifs is 1. The van der Waals surface area contributed by atoms with Gasteiger partial charge in [0.15, 0.2) is 0 Å². The van der Waals surface area contributed by atoms with E-state index in [0.717, 1.165) is 29.7 Å². The standard InChI is InChI=1S/C16H22N4O/c1-11-7-12(17-2)10-20(9-11)14-8-19-16(21-3)15-13(14)5-4-6-18-15/h4-6,8,11-12,17H,7,9-10H2,1-3H3/t11-,12+/m0/s1. The van der Waals surface area contributed by atoms with Gasteiger partial charge in [0.05, 0.1) is 19.0 Å². The van der Waals surface area contributed by atoms with E-state index in [2.05, 4.69) is 33.2 Å². The molecule has 2 atom stereocenters. The average molecular weight is 286 g/mol. The molecule has 1 N–H and O–H groups in total. The van der Waals surface area contributed by atoms with E-state index in [1.807, 2.05) is 19.3 Å². The first-order valence-corrected chi connectivity index (χ1v) is 7.43. The van der Waals surface area contributed by atoms with Crippen molar-refractivity contribution >= 4 is 16.6 Å². The monoisotopic (exact) mass is 286 g/mol. The topological polar surface area (TPSA) is 50.3 Å². The second-order valence-electron chi connectivity index (χ2n) is 5.78. The highest BCUT2D eigenvalue weighted by Gasteiger charge is 2.25. The van der Waals surface area contributed by atoms with Crippen LogP contribution in [0.3, 0.4) is 0 Å². The molecule has 3 rings (SSSR count). The minimum Gasteiger partial charge on any atom is -0.479 e. The van der Waals surface area contributed by atoms with E-state index in [9.17, 15) is 0 Å². The number of ether oxygens (including phenoxy) is 1. The van der Waals surface area contributed by atoms with Crippen molar-refractivity contribution in [3.05, 3.63) is 24.5 Å². The molecule has 0 unspecified atom stereocenters. The molecule has 0 radical (unpaired) electrons. The molecule has 0 amide bonds. The second-order valence-corrected chi connectivity index (χ2v) is 5.78. The molecule has 21 heavy (non-hydrogen) atoms. The highest BCUT2D eigenvalue weighted by molar-refractivity contribution is 5.94. The van der Waals surface area contributed by atoms with Crippen LogP contribution in [-0.4, -0.2) is 43.3 Å². The van der Waals surface area contributed by atoms with Crippen LogP contribution in [0.15, 0.2) is 24.5 Å². The van der Waals surface area contributed by atoms with Crippen molar-refractivity contribution in [2.24, 2.45) is 5.92 Å². The lowest BCUT2D eigenvalue weighted by molar-refractivity contribution is 0.366. The fourth-order valence-corrected chi connectivity index (χ4v) is 3.19. The zero-order valence-corrected chi connectivity index (χ0v) is 12.8. The van der Waals surface area contributed by atoms with Gasteiger partial charge in [0.25, 0.3) is 0 Å². The molecule has 1 fully saturated rings. The lowest BCUT2D eigenvalue weighted by Crippen LogP contribution is -2.47. The number of nitrogens with one attached hydrogen (secondary N) is 1. The molecule has 1 aliphatic heterocycles. The van der Waals surface area contributed by atoms with Crippen LogP contribution in [0, 0.1) is 5.92 Å². The van der Waals surface area contributed by atoms with E-state index in [4.69, 9.17) is 4.74 Å². The molecule has 5 heteroatoms. The van der Waals surface area contributed by atoms with Crippen LogP contribution in [-0.2, 0) is 0 Å². The number of pyridine rings is 2. The summed E-state index contributed by atoms with van der Waals surface area (Å²) in [5.74, 6) is 1.24. The summed E-state index contributed by atoms with van der Waals surface area (Å²) < 4.78 is 5.33. The number of nitrogens with zero attached hydrogens (tertiary/aromatic N) is 3. The summed E-state index contributed by atoms with van der Waals surface area (Å²) in [6.45, 7) is 4.35. The summed E-state index contributed by atoms with van der Waals surface area (Å²) in [6, 6.07) is 4.58. The lowest BCUT2D eigenvalue weighted by atomic mass is 9.95. The first kappa shape index (κ1) is 14.1. The molecule has 2 aromatic rings. The van der Waals surface area contributed by atoms with E-state index >= 15 is 0 Å². The maximum Gasteiger partial charge on any atom is 0.240 e. The summed E-state index contributed by atoms with van der Waals surface area (Å²) in [7, 11) is 3.67. The van der Waals surface area contributed by atoms with Gasteiger partial charge < -0.3 is 15.0 Å². The first-order valence-electron chi connectivity index (χ1n) is 7.43. The maximum absolute atomic E-state index is 5.33. The second kappa shape index (κ2) is 5.85. The smallest absolute Gasteiger partial charge is 0.240 e. The summed E-state index contributed by atoms with van der Waals surface area (Å²) in [6.07, 6.45) is 4.91. The molecule has 0 aliphatic carbocycles. The molecule has 1 aliphatic rings. The number of hydrogen-bond donors (Lipinski definition) is 1. The minimum absolute atomic E-state index is 0.516. The zero-order valence-electron chi connectivity index (χ0n) is 12.8. The highest BCUT2D eigenvalue weighted by Crippen LogP contribution is 2.32. The Labute approximate surface area is 125 Å². The fraction of sp³-hybridized carbons (Fsp3) is 0.500. The van der Waals surface area contributed by atoms with Crippen molar-refractivity contribution in [3.8, 4) is 5.88 Å². The van der Waals surface area contributed by atoms with E-state index in [0.29, 0.717) is 17.8 Å². The quantitative estimate of drug-likeness (QED) is 0.936. The predicted octanol–water partition coefficient (Wildman–Crippen LogP) is 2.07. The third-order valence-corrected chi connectivity index (χ3v) is 4.19. The van der Waals surface area contributed by atoms with Crippen LogP contribution in [0.5, 0.6) is 5.88 Å². The van der Waals surface area contributed by atoms with Gasteiger partial charge >= 0.3 is 0 Å². The van der Waals surface area contributed by atoms with E-state index in [1.165, 1.54) is 6.42 Å². The Kier molecular flexibility index (Phi) is 3.92. The summed E-state index contributed by atoms with van der Waals surface area (Å²) in [5.41, 5.74) is 1.97. The molecule has 1 saturated heterocycles. The Bertz CT molecular complexity index is 631. The molecule has 0 spiro atoms. The Morgan fingerprint density at radius 3 is 2.95 bits per heavy atom. The van der Waals surface area contributed by atoms with E-state index < -0.39 is 0 Å². The lowest BCUT2D eigenvalue weighted by Gasteiger charge is -2.38. The Morgan fingerprint density at radius 2 is 2.19 bits per heavy atom. The summed E-state index contributed by atoms with van der Waals surface area (Å²) >= 11 is 0. The number of piperidine rings is 1. The fourth-order valence-electron chi connectivity index (χ4n) is 3.19. The number of anilines is 1. The van der Waals surface area contributed by atoms with Crippen LogP contribution in [0.2, 0.25) is 0 Å². The normalized spacial score (nSPS) is 22.5. The van der Waals surface area contributed by atoms with Crippen molar-refractivity contribution in [1.82, 2.24) is 15.3 Å². The summed E-state index contributed by atoms with van der Waals surface area (Å²) in [4.78, 5) is 11.3. The van der Waals surface area contributed by atoms with Crippen LogP contribution in [0.4, 0.5) is 5.69 Å². The third-order valence-electron chi connectivity index (χ3n) is 4.19. The van der Waals surface area contributed by atoms with Gasteiger partial charge in [-0.05, 0) is 31.5 Å². The van der Waals surface area contributed by atoms with Crippen LogP contribution >= 0.6 is 0 Å². The molecule has 0 saturated carbocycles. The van der Waals surface area contributed by atoms with Gasteiger partial charge in [-0.15, -0.1) is 0 Å². The average Bonchev–Trinajstić information content (AvgIpc) is 2.53. The Morgan fingerprint density at radius 1 is 1.33 bits per heavy atom. The molecule has 112 valence electrons. The van der Waals surface area contributed by atoms with Crippen molar-refractivity contribution in [2.75, 3.05) is 32.1 Å². The van der Waals surface area contributed by atoms with Gasteiger partial charge in [-0.3, -0.25) is 4.98 Å². The van der Waals surface area contributed by atoms with Gasteiger partial charge in [-0.25, -0.2) is 4.98 Å². The Hall–Kier alpha value is -1.88. The van der Waals surface area contributed by atoms with Crippen LogP contribution in [0.25, 0.3) is 10.9 Å². The molecule has 0 bridgehead atoms. The van der Waals surface area contributed by atoms with E-state index in [1.54, 1.807) is 13.3 Å². The Balaban J connectivity index is 2.04. The molecule has 0 aromatic carbocycles. The van der Waals surface area contributed by atoms with Crippen LogP contribution in [0.1, 0.15) is 13.3 Å². The minimum atomic E-state index is 0.516. The van der Waals surface area contributed by atoms with E-state index in [-0.39, 0.29) is 0 Å². The molecule has 2 aromatic heterocycles. The van der Waals surface area contributed by atoms with Crippen molar-refractivity contribution in [3.63, 3.8) is 0 Å². The molecular formula is C16H22N4O. The summed E-state index contributed by atoms with van der Waals surface area (Å²) in [5, 5.41) is 4.51. The van der Waals surface area contributed by atoms with Gasteiger partial charge in [0, 0.05) is 30.7 Å². The van der Waals surface area contributed by atoms with Gasteiger partial charge in [-0.1, -0.05) is 6.92 Å². The van der Waals surface area contributed by atoms with Gasteiger partial charge in [0.2, 0.25) is 5.88 Å². The number of hydrogen-bond acceptors (Lipinski definition) is 5. The zero-order chi connectivity index (χ0) is 14.8. The van der Waals surface area contributed by atoms with Crippen molar-refractivity contribution in [2.45, 2.75) is 19.4 Å². The molecular weight excluding hydrogens is 264 g/mol. The van der Waals surface area contributed by atoms with Crippen LogP contribution < -0.4 is 15.0 Å². The number of likely N-dealkylation sites (N-methyl/N-ethyl adjacent to an activating group) is 1. The number of rotatable bonds is 3. The number of aromatic nitrogens is 2. The highest BCUT2D eigenvalue weighted by atomic mass is 16.5. The van der Waals surface area contributed by atoms with Gasteiger partial charge in [-0.2, -0.15) is 0 Å². The predicted molar refractivity (Wildman–Crippen MR) is 84.9 cm³/mol. The third kappa shape index (κ3) is 2.65. The van der Waals surface area contributed by atoms with Gasteiger partial charge in [0.1, 0.15) is 5.52 Å². The van der Waals surface area contributed by atoms with Crippen molar-refractivity contribution < 1.29 is 4.74 Å². The SMILES string of the molecule is CN[C@@H]1C[C@H](C)CN(c2cnc(OC)c3ncccc23)C1. The first-order chi connectivity index (χ1) is 10.2. The molecule has 5 nitrogen and oxygen atoms in total. The number of methoxy groups -OCH3 is 1.